The molecule has 0 saturated heterocycles. The Hall–Kier alpha value is -3.86. The second-order valence-corrected chi connectivity index (χ2v) is 7.29. The minimum absolute atomic E-state index is 0.246. The Morgan fingerprint density at radius 3 is 1.69 bits per heavy atom. The molecule has 3 aromatic carbocycles. The van der Waals surface area contributed by atoms with Gasteiger partial charge in [0.1, 0.15) is 11.5 Å². The molecule has 3 aromatic rings. The number of rotatable bonds is 8. The molecule has 0 aliphatic carbocycles. The lowest BCUT2D eigenvalue weighted by atomic mass is 9.89. The van der Waals surface area contributed by atoms with Crippen LogP contribution in [0.25, 0.3) is 5.57 Å². The number of methoxy groups -OCH3 is 3. The molecule has 3 rings (SSSR count). The predicted octanol–water partition coefficient (Wildman–Crippen LogP) is 5.06. The normalized spacial score (nSPS) is 11.4. The van der Waals surface area contributed by atoms with Crippen LogP contribution in [-0.4, -0.2) is 33.1 Å². The van der Waals surface area contributed by atoms with Gasteiger partial charge in [0.05, 0.1) is 26.9 Å². The third kappa shape index (κ3) is 5.24. The first-order valence-electron chi connectivity index (χ1n) is 10.2. The first kappa shape index (κ1) is 22.8. The summed E-state index contributed by atoms with van der Waals surface area (Å²) in [6.45, 7) is 1.96. The molecule has 0 heterocycles. The molecule has 0 spiro atoms. The standard InChI is InChI=1S/C27H26O5/c1-18-5-9-20(10-6-18)25(27(29)32-4)24(17-19-7-13-22(30-2)14-8-19)26(28)21-11-15-23(31-3)16-12-21/h5-16H,17H2,1-4H3/b25-24-. The molecule has 0 unspecified atom stereocenters. The van der Waals surface area contributed by atoms with E-state index in [4.69, 9.17) is 14.2 Å². The average Bonchev–Trinajstić information content (AvgIpc) is 2.84. The van der Waals surface area contributed by atoms with Gasteiger partial charge in [0.25, 0.3) is 0 Å². The first-order valence-corrected chi connectivity index (χ1v) is 10.2. The topological polar surface area (TPSA) is 61.8 Å². The summed E-state index contributed by atoms with van der Waals surface area (Å²) < 4.78 is 15.5. The highest BCUT2D eigenvalue weighted by molar-refractivity contribution is 6.26. The highest BCUT2D eigenvalue weighted by atomic mass is 16.5. The van der Waals surface area contributed by atoms with Crippen LogP contribution in [0.15, 0.2) is 78.4 Å². The van der Waals surface area contributed by atoms with E-state index in [9.17, 15) is 9.59 Å². The van der Waals surface area contributed by atoms with E-state index in [2.05, 4.69) is 0 Å². The van der Waals surface area contributed by atoms with Crippen molar-refractivity contribution < 1.29 is 23.8 Å². The molecule has 0 aromatic heterocycles. The molecular formula is C27H26O5. The van der Waals surface area contributed by atoms with Crippen molar-refractivity contribution in [2.45, 2.75) is 13.3 Å². The lowest BCUT2D eigenvalue weighted by Crippen LogP contribution is -2.15. The molecular weight excluding hydrogens is 404 g/mol. The zero-order chi connectivity index (χ0) is 23.1. The van der Waals surface area contributed by atoms with Gasteiger partial charge in [-0.2, -0.15) is 0 Å². The van der Waals surface area contributed by atoms with Crippen LogP contribution in [0.2, 0.25) is 0 Å². The van der Waals surface area contributed by atoms with Crippen LogP contribution in [0.3, 0.4) is 0 Å². The Labute approximate surface area is 188 Å². The van der Waals surface area contributed by atoms with Crippen LogP contribution in [-0.2, 0) is 16.0 Å². The number of ether oxygens (including phenoxy) is 3. The number of esters is 1. The van der Waals surface area contributed by atoms with Crippen molar-refractivity contribution in [3.8, 4) is 11.5 Å². The minimum atomic E-state index is -0.556. The predicted molar refractivity (Wildman–Crippen MR) is 124 cm³/mol. The molecule has 0 radical (unpaired) electrons. The zero-order valence-electron chi connectivity index (χ0n) is 18.7. The van der Waals surface area contributed by atoms with E-state index in [-0.39, 0.29) is 17.8 Å². The van der Waals surface area contributed by atoms with Crippen LogP contribution in [0.5, 0.6) is 11.5 Å². The summed E-state index contributed by atoms with van der Waals surface area (Å²) in [7, 11) is 4.48. The molecule has 0 amide bonds. The number of hydrogen-bond acceptors (Lipinski definition) is 5. The molecule has 0 fully saturated rings. The summed E-state index contributed by atoms with van der Waals surface area (Å²) >= 11 is 0. The summed E-state index contributed by atoms with van der Waals surface area (Å²) in [5.74, 6) is 0.560. The second-order valence-electron chi connectivity index (χ2n) is 7.29. The quantitative estimate of drug-likeness (QED) is 0.284. The number of benzene rings is 3. The van der Waals surface area contributed by atoms with Gasteiger partial charge in [-0.25, -0.2) is 4.79 Å². The van der Waals surface area contributed by atoms with Crippen molar-refractivity contribution in [3.05, 3.63) is 101 Å². The molecule has 0 atom stereocenters. The molecule has 32 heavy (non-hydrogen) atoms. The lowest BCUT2D eigenvalue weighted by Gasteiger charge is -2.15. The number of hydrogen-bond donors (Lipinski definition) is 0. The fraction of sp³-hybridized carbons (Fsp3) is 0.185. The van der Waals surface area contributed by atoms with Gasteiger partial charge in [-0.15, -0.1) is 0 Å². The number of Topliss-reactive ketones (excluding diaryl/α,β-unsaturated/α-hetero) is 1. The molecule has 5 nitrogen and oxygen atoms in total. The number of allylic oxidation sites excluding steroid dienone is 1. The summed E-state index contributed by atoms with van der Waals surface area (Å²) in [5.41, 5.74) is 3.63. The fourth-order valence-corrected chi connectivity index (χ4v) is 3.38. The van der Waals surface area contributed by atoms with Gasteiger partial charge in [-0.05, 0) is 54.4 Å². The maximum absolute atomic E-state index is 13.6. The van der Waals surface area contributed by atoms with E-state index >= 15 is 0 Å². The molecule has 0 bridgehead atoms. The number of carbonyl (C=O) groups excluding carboxylic acids is 2. The van der Waals surface area contributed by atoms with E-state index in [1.807, 2.05) is 55.5 Å². The van der Waals surface area contributed by atoms with Crippen molar-refractivity contribution in [1.29, 1.82) is 0 Å². The highest BCUT2D eigenvalue weighted by Gasteiger charge is 2.24. The van der Waals surface area contributed by atoms with Gasteiger partial charge >= 0.3 is 5.97 Å². The Morgan fingerprint density at radius 1 is 0.688 bits per heavy atom. The van der Waals surface area contributed by atoms with E-state index in [1.54, 1.807) is 38.5 Å². The monoisotopic (exact) mass is 430 g/mol. The average molecular weight is 431 g/mol. The van der Waals surface area contributed by atoms with Crippen molar-refractivity contribution in [3.63, 3.8) is 0 Å². The maximum atomic E-state index is 13.6. The second kappa shape index (κ2) is 10.4. The third-order valence-electron chi connectivity index (χ3n) is 5.20. The van der Waals surface area contributed by atoms with Crippen molar-refractivity contribution >= 4 is 17.3 Å². The summed E-state index contributed by atoms with van der Waals surface area (Å²) in [5, 5.41) is 0. The van der Waals surface area contributed by atoms with Gasteiger partial charge in [0, 0.05) is 17.6 Å². The SMILES string of the molecule is COC(=O)/C(=C(/Cc1ccc(OC)cc1)C(=O)c1ccc(OC)cc1)c1ccc(C)cc1. The van der Waals surface area contributed by atoms with Crippen LogP contribution in [0.4, 0.5) is 0 Å². The molecule has 0 aliphatic rings. The summed E-state index contributed by atoms with van der Waals surface area (Å²) in [4.78, 5) is 26.5. The molecule has 0 N–H and O–H groups in total. The van der Waals surface area contributed by atoms with Crippen LogP contribution in [0, 0.1) is 6.92 Å². The lowest BCUT2D eigenvalue weighted by molar-refractivity contribution is -0.133. The van der Waals surface area contributed by atoms with E-state index in [0.29, 0.717) is 28.2 Å². The van der Waals surface area contributed by atoms with Crippen LogP contribution in [0.1, 0.15) is 27.0 Å². The molecule has 0 saturated carbocycles. The fourth-order valence-electron chi connectivity index (χ4n) is 3.38. The third-order valence-corrected chi connectivity index (χ3v) is 5.20. The van der Waals surface area contributed by atoms with Gasteiger partial charge in [0.2, 0.25) is 0 Å². The number of ketones is 1. The largest absolute Gasteiger partial charge is 0.497 e. The Bertz CT molecular complexity index is 1110. The molecule has 0 aliphatic heterocycles. The van der Waals surface area contributed by atoms with Gasteiger partial charge in [-0.1, -0.05) is 42.0 Å². The molecule has 164 valence electrons. The maximum Gasteiger partial charge on any atom is 0.338 e. The number of carbonyl (C=O) groups is 2. The van der Waals surface area contributed by atoms with Gasteiger partial charge < -0.3 is 14.2 Å². The zero-order valence-corrected chi connectivity index (χ0v) is 18.7. The Kier molecular flexibility index (Phi) is 7.45. The minimum Gasteiger partial charge on any atom is -0.497 e. The Morgan fingerprint density at radius 2 is 1.19 bits per heavy atom. The van der Waals surface area contributed by atoms with Gasteiger partial charge in [0.15, 0.2) is 5.78 Å². The van der Waals surface area contributed by atoms with E-state index < -0.39 is 5.97 Å². The summed E-state index contributed by atoms with van der Waals surface area (Å²) in [6.07, 6.45) is 0.257. The highest BCUT2D eigenvalue weighted by Crippen LogP contribution is 2.28. The first-order chi connectivity index (χ1) is 15.5. The smallest absolute Gasteiger partial charge is 0.338 e. The van der Waals surface area contributed by atoms with Crippen molar-refractivity contribution in [2.24, 2.45) is 0 Å². The van der Waals surface area contributed by atoms with Crippen LogP contribution >= 0.6 is 0 Å². The van der Waals surface area contributed by atoms with E-state index in [1.165, 1.54) is 7.11 Å². The van der Waals surface area contributed by atoms with E-state index in [0.717, 1.165) is 11.1 Å². The Balaban J connectivity index is 2.17. The van der Waals surface area contributed by atoms with Crippen molar-refractivity contribution in [1.82, 2.24) is 0 Å². The summed E-state index contributed by atoms with van der Waals surface area (Å²) in [6, 6.07) is 21.7. The van der Waals surface area contributed by atoms with Crippen LogP contribution < -0.4 is 9.47 Å². The van der Waals surface area contributed by atoms with Crippen molar-refractivity contribution in [2.75, 3.05) is 21.3 Å². The molecule has 5 heteroatoms. The number of aryl methyl sites for hydroxylation is 1. The van der Waals surface area contributed by atoms with Gasteiger partial charge in [-0.3, -0.25) is 4.79 Å².